The summed E-state index contributed by atoms with van der Waals surface area (Å²) in [6, 6.07) is 14.0. The van der Waals surface area contributed by atoms with E-state index >= 15 is 0 Å². The van der Waals surface area contributed by atoms with Gasteiger partial charge in [0.15, 0.2) is 5.78 Å². The van der Waals surface area contributed by atoms with E-state index in [1.54, 1.807) is 12.1 Å². The molecule has 0 bridgehead atoms. The molecular formula is C16H15NO3. The van der Waals surface area contributed by atoms with Crippen LogP contribution >= 0.6 is 0 Å². The van der Waals surface area contributed by atoms with Crippen molar-refractivity contribution in [3.8, 4) is 5.75 Å². The van der Waals surface area contributed by atoms with Gasteiger partial charge >= 0.3 is 0 Å². The van der Waals surface area contributed by atoms with Crippen LogP contribution in [0.1, 0.15) is 22.8 Å². The Hall–Kier alpha value is -2.62. The van der Waals surface area contributed by atoms with Crippen molar-refractivity contribution >= 4 is 17.4 Å². The third kappa shape index (κ3) is 3.23. The molecule has 0 heterocycles. The summed E-state index contributed by atoms with van der Waals surface area (Å²) in [5.74, 6) is -0.685. The van der Waals surface area contributed by atoms with Crippen molar-refractivity contribution in [1.82, 2.24) is 0 Å². The summed E-state index contributed by atoms with van der Waals surface area (Å²) in [5.41, 5.74) is 1.33. The molecule has 0 saturated carbocycles. The Morgan fingerprint density at radius 1 is 1.05 bits per heavy atom. The van der Waals surface area contributed by atoms with E-state index < -0.39 is 0 Å². The zero-order valence-corrected chi connectivity index (χ0v) is 11.1. The van der Waals surface area contributed by atoms with Gasteiger partial charge in [-0.1, -0.05) is 36.4 Å². The van der Waals surface area contributed by atoms with Crippen molar-refractivity contribution in [1.29, 1.82) is 0 Å². The van der Waals surface area contributed by atoms with E-state index in [0.29, 0.717) is 0 Å². The topological polar surface area (TPSA) is 66.4 Å². The highest BCUT2D eigenvalue weighted by atomic mass is 16.3. The van der Waals surface area contributed by atoms with Gasteiger partial charge in [-0.25, -0.2) is 0 Å². The highest BCUT2D eigenvalue weighted by molar-refractivity contribution is 6.01. The lowest BCUT2D eigenvalue weighted by Gasteiger charge is -2.09. The number of para-hydroxylation sites is 1. The standard InChI is InChI=1S/C16H15NO3/c1-11(18)13-8-5-9-14(16(13)20)17-15(19)10-12-6-3-2-4-7-12/h2-9,20H,10H2,1H3,(H,17,19). The number of Topliss-reactive ketones (excluding diaryl/α,β-unsaturated/α-hetero) is 1. The number of rotatable bonds is 4. The van der Waals surface area contributed by atoms with Crippen molar-refractivity contribution in [3.05, 3.63) is 59.7 Å². The van der Waals surface area contributed by atoms with Crippen molar-refractivity contribution in [3.63, 3.8) is 0 Å². The molecule has 0 fully saturated rings. The smallest absolute Gasteiger partial charge is 0.228 e. The molecule has 0 aliphatic carbocycles. The number of phenolic OH excluding ortho intramolecular Hbond substituents is 1. The largest absolute Gasteiger partial charge is 0.505 e. The minimum Gasteiger partial charge on any atom is -0.505 e. The number of nitrogens with one attached hydrogen (secondary N) is 1. The Labute approximate surface area is 117 Å². The molecule has 4 heteroatoms. The maximum absolute atomic E-state index is 11.9. The van der Waals surface area contributed by atoms with E-state index in [1.807, 2.05) is 30.3 Å². The molecule has 2 aromatic carbocycles. The fourth-order valence-electron chi connectivity index (χ4n) is 1.90. The van der Waals surface area contributed by atoms with Crippen LogP contribution in [0.4, 0.5) is 5.69 Å². The molecule has 0 aromatic heterocycles. The summed E-state index contributed by atoms with van der Waals surface area (Å²) < 4.78 is 0. The molecule has 0 saturated heterocycles. The zero-order chi connectivity index (χ0) is 14.5. The number of phenols is 1. The molecule has 102 valence electrons. The molecule has 4 nitrogen and oxygen atoms in total. The maximum atomic E-state index is 11.9. The van der Waals surface area contributed by atoms with Gasteiger partial charge in [0.1, 0.15) is 5.75 Å². The summed E-state index contributed by atoms with van der Waals surface area (Å²) in [6.07, 6.45) is 0.213. The Morgan fingerprint density at radius 3 is 2.40 bits per heavy atom. The normalized spacial score (nSPS) is 10.1. The van der Waals surface area contributed by atoms with Crippen molar-refractivity contribution in [2.24, 2.45) is 0 Å². The number of hydrogen-bond donors (Lipinski definition) is 2. The molecule has 0 atom stereocenters. The number of ketones is 1. The lowest BCUT2D eigenvalue weighted by Crippen LogP contribution is -2.14. The predicted molar refractivity (Wildman–Crippen MR) is 76.9 cm³/mol. The van der Waals surface area contributed by atoms with Crippen LogP contribution in [0.5, 0.6) is 5.75 Å². The van der Waals surface area contributed by atoms with Crippen molar-refractivity contribution in [2.75, 3.05) is 5.32 Å². The van der Waals surface area contributed by atoms with Gasteiger partial charge in [0.05, 0.1) is 17.7 Å². The van der Waals surface area contributed by atoms with Crippen LogP contribution < -0.4 is 5.32 Å². The van der Waals surface area contributed by atoms with Crippen LogP contribution in [0.25, 0.3) is 0 Å². The zero-order valence-electron chi connectivity index (χ0n) is 11.1. The van der Waals surface area contributed by atoms with E-state index in [4.69, 9.17) is 0 Å². The van der Waals surface area contributed by atoms with Crippen molar-refractivity contribution in [2.45, 2.75) is 13.3 Å². The minimum atomic E-state index is -0.248. The van der Waals surface area contributed by atoms with Gasteiger partial charge in [-0.15, -0.1) is 0 Å². The summed E-state index contributed by atoms with van der Waals surface area (Å²) in [4.78, 5) is 23.2. The van der Waals surface area contributed by atoms with Gasteiger partial charge in [0, 0.05) is 0 Å². The Bertz CT molecular complexity index is 635. The molecule has 2 aromatic rings. The number of amides is 1. The Morgan fingerprint density at radius 2 is 1.75 bits per heavy atom. The Balaban J connectivity index is 2.12. The third-order valence-electron chi connectivity index (χ3n) is 2.90. The second-order valence-electron chi connectivity index (χ2n) is 4.47. The van der Waals surface area contributed by atoms with Crippen LogP contribution in [0.15, 0.2) is 48.5 Å². The van der Waals surface area contributed by atoms with Crippen LogP contribution in [0.3, 0.4) is 0 Å². The lowest BCUT2D eigenvalue weighted by atomic mass is 10.1. The van der Waals surface area contributed by atoms with Gasteiger partial charge in [0.25, 0.3) is 0 Å². The molecule has 0 spiro atoms. The maximum Gasteiger partial charge on any atom is 0.228 e. The molecular weight excluding hydrogens is 254 g/mol. The first-order chi connectivity index (χ1) is 9.58. The summed E-state index contributed by atoms with van der Waals surface area (Å²) in [7, 11) is 0. The van der Waals surface area contributed by atoms with E-state index in [0.717, 1.165) is 5.56 Å². The highest BCUT2D eigenvalue weighted by Crippen LogP contribution is 2.27. The number of carbonyl (C=O) groups is 2. The second kappa shape index (κ2) is 6.02. The molecule has 20 heavy (non-hydrogen) atoms. The summed E-state index contributed by atoms with van der Waals surface area (Å²) in [5, 5.41) is 12.6. The van der Waals surface area contributed by atoms with Gasteiger partial charge in [-0.05, 0) is 24.6 Å². The quantitative estimate of drug-likeness (QED) is 0.662. The van der Waals surface area contributed by atoms with Gasteiger partial charge in [0.2, 0.25) is 5.91 Å². The third-order valence-corrected chi connectivity index (χ3v) is 2.90. The van der Waals surface area contributed by atoms with E-state index in [-0.39, 0.29) is 35.1 Å². The van der Waals surface area contributed by atoms with Gasteiger partial charge in [-0.2, -0.15) is 0 Å². The summed E-state index contributed by atoms with van der Waals surface area (Å²) >= 11 is 0. The first-order valence-electron chi connectivity index (χ1n) is 6.24. The molecule has 1 amide bonds. The number of carbonyl (C=O) groups excluding carboxylic acids is 2. The predicted octanol–water partition coefficient (Wildman–Crippen LogP) is 2.78. The fourth-order valence-corrected chi connectivity index (χ4v) is 1.90. The second-order valence-corrected chi connectivity index (χ2v) is 4.47. The minimum absolute atomic E-state index is 0.193. The number of aromatic hydroxyl groups is 1. The number of benzene rings is 2. The van der Waals surface area contributed by atoms with Gasteiger partial charge in [-0.3, -0.25) is 9.59 Å². The Kier molecular flexibility index (Phi) is 4.15. The van der Waals surface area contributed by atoms with Crippen LogP contribution in [0.2, 0.25) is 0 Å². The van der Waals surface area contributed by atoms with E-state index in [2.05, 4.69) is 5.32 Å². The van der Waals surface area contributed by atoms with Crippen LogP contribution in [0, 0.1) is 0 Å². The van der Waals surface area contributed by atoms with E-state index in [9.17, 15) is 14.7 Å². The fraction of sp³-hybridized carbons (Fsp3) is 0.125. The van der Waals surface area contributed by atoms with Crippen molar-refractivity contribution < 1.29 is 14.7 Å². The summed E-state index contributed by atoms with van der Waals surface area (Å²) in [6.45, 7) is 1.37. The van der Waals surface area contributed by atoms with Crippen LogP contribution in [-0.2, 0) is 11.2 Å². The average Bonchev–Trinajstić information content (AvgIpc) is 2.42. The highest BCUT2D eigenvalue weighted by Gasteiger charge is 2.12. The molecule has 0 aliphatic heterocycles. The molecule has 2 rings (SSSR count). The SMILES string of the molecule is CC(=O)c1cccc(NC(=O)Cc2ccccc2)c1O. The van der Waals surface area contributed by atoms with E-state index in [1.165, 1.54) is 13.0 Å². The first kappa shape index (κ1) is 13.8. The molecule has 0 aliphatic rings. The van der Waals surface area contributed by atoms with Crippen LogP contribution in [-0.4, -0.2) is 16.8 Å². The average molecular weight is 269 g/mol. The number of hydrogen-bond acceptors (Lipinski definition) is 3. The molecule has 0 unspecified atom stereocenters. The molecule has 0 radical (unpaired) electrons. The molecule has 2 N–H and O–H groups in total. The lowest BCUT2D eigenvalue weighted by molar-refractivity contribution is -0.115. The monoisotopic (exact) mass is 269 g/mol. The van der Waals surface area contributed by atoms with Gasteiger partial charge < -0.3 is 10.4 Å². The first-order valence-corrected chi connectivity index (χ1v) is 6.24. The number of anilines is 1.